The van der Waals surface area contributed by atoms with Crippen LogP contribution in [0.5, 0.6) is 0 Å². The van der Waals surface area contributed by atoms with Gasteiger partial charge in [-0.1, -0.05) is 18.2 Å². The Kier molecular flexibility index (Phi) is 4.91. The molecule has 2 nitrogen and oxygen atoms in total. The minimum absolute atomic E-state index is 0.0976. The van der Waals surface area contributed by atoms with Crippen LogP contribution in [0, 0.1) is 5.92 Å². The quantitative estimate of drug-likeness (QED) is 0.906. The zero-order valence-electron chi connectivity index (χ0n) is 11.7. The lowest BCUT2D eigenvalue weighted by Crippen LogP contribution is -2.47. The van der Waals surface area contributed by atoms with Crippen molar-refractivity contribution in [3.8, 4) is 0 Å². The number of para-hydroxylation sites is 1. The van der Waals surface area contributed by atoms with Crippen molar-refractivity contribution in [1.29, 1.82) is 0 Å². The molecular weight excluding hydrogens is 265 g/mol. The predicted octanol–water partition coefficient (Wildman–Crippen LogP) is 3.76. The largest absolute Gasteiger partial charge is 0.393 e. The van der Waals surface area contributed by atoms with Gasteiger partial charge in [0.25, 0.3) is 0 Å². The molecule has 2 atom stereocenters. The highest BCUT2D eigenvalue weighted by atomic mass is 19.4. The number of halogens is 3. The van der Waals surface area contributed by atoms with Crippen molar-refractivity contribution in [2.75, 3.05) is 25.0 Å². The summed E-state index contributed by atoms with van der Waals surface area (Å²) in [6, 6.07) is 9.83. The minimum Gasteiger partial charge on any atom is -0.383 e. The maximum atomic E-state index is 12.8. The standard InChI is InChI=1S/C15H21F3N2/c1-12(10-19-14-7-3-2-4-8-14)20-9-5-6-13(11-20)15(16,17)18/h2-4,7-8,12-13,19H,5-6,9-11H2,1H3. The fraction of sp³-hybridized carbons (Fsp3) is 0.600. The van der Waals surface area contributed by atoms with Crippen LogP contribution in [-0.4, -0.2) is 36.8 Å². The second kappa shape index (κ2) is 6.48. The lowest BCUT2D eigenvalue weighted by atomic mass is 9.96. The molecule has 20 heavy (non-hydrogen) atoms. The summed E-state index contributed by atoms with van der Waals surface area (Å²) in [5.74, 6) is -1.17. The minimum atomic E-state index is -4.06. The topological polar surface area (TPSA) is 15.3 Å². The molecule has 1 aliphatic rings. The van der Waals surface area contributed by atoms with Crippen LogP contribution in [0.3, 0.4) is 0 Å². The Hall–Kier alpha value is -1.23. The van der Waals surface area contributed by atoms with Gasteiger partial charge in [0.05, 0.1) is 5.92 Å². The third-order valence-corrected chi connectivity index (χ3v) is 3.91. The number of hydrogen-bond acceptors (Lipinski definition) is 2. The fourth-order valence-electron chi connectivity index (χ4n) is 2.62. The molecule has 0 saturated carbocycles. The van der Waals surface area contributed by atoms with Crippen LogP contribution in [0.25, 0.3) is 0 Å². The van der Waals surface area contributed by atoms with Gasteiger partial charge < -0.3 is 5.32 Å². The molecule has 1 aromatic carbocycles. The Morgan fingerprint density at radius 3 is 2.65 bits per heavy atom. The third kappa shape index (κ3) is 4.13. The van der Waals surface area contributed by atoms with Crippen LogP contribution in [-0.2, 0) is 0 Å². The number of likely N-dealkylation sites (tertiary alicyclic amines) is 1. The van der Waals surface area contributed by atoms with E-state index in [1.54, 1.807) is 0 Å². The van der Waals surface area contributed by atoms with E-state index < -0.39 is 12.1 Å². The van der Waals surface area contributed by atoms with Crippen LogP contribution in [0.2, 0.25) is 0 Å². The van der Waals surface area contributed by atoms with E-state index in [2.05, 4.69) is 5.32 Å². The molecule has 0 spiro atoms. The first-order valence-corrected chi connectivity index (χ1v) is 7.06. The molecule has 0 aliphatic carbocycles. The van der Waals surface area contributed by atoms with Gasteiger partial charge in [-0.05, 0) is 38.4 Å². The lowest BCUT2D eigenvalue weighted by Gasteiger charge is -2.37. The van der Waals surface area contributed by atoms with E-state index in [9.17, 15) is 13.2 Å². The highest BCUT2D eigenvalue weighted by molar-refractivity contribution is 5.42. The zero-order chi connectivity index (χ0) is 14.6. The van der Waals surface area contributed by atoms with Crippen LogP contribution in [0.15, 0.2) is 30.3 Å². The van der Waals surface area contributed by atoms with Crippen LogP contribution in [0.1, 0.15) is 19.8 Å². The molecule has 1 aromatic rings. The summed E-state index contributed by atoms with van der Waals surface area (Å²) in [6.07, 6.45) is -3.18. The SMILES string of the molecule is CC(CNc1ccccc1)N1CCCC(C(F)(F)F)C1. The van der Waals surface area contributed by atoms with Crippen molar-refractivity contribution in [1.82, 2.24) is 4.90 Å². The van der Waals surface area contributed by atoms with Gasteiger partial charge in [0, 0.05) is 24.8 Å². The number of rotatable bonds is 4. The van der Waals surface area contributed by atoms with Crippen molar-refractivity contribution < 1.29 is 13.2 Å². The van der Waals surface area contributed by atoms with E-state index in [1.165, 1.54) is 0 Å². The van der Waals surface area contributed by atoms with Gasteiger partial charge in [0.1, 0.15) is 0 Å². The van der Waals surface area contributed by atoms with Crippen molar-refractivity contribution in [3.05, 3.63) is 30.3 Å². The Bertz CT molecular complexity index is 405. The van der Waals surface area contributed by atoms with Gasteiger partial charge in [-0.25, -0.2) is 0 Å². The molecule has 0 bridgehead atoms. The predicted molar refractivity (Wildman–Crippen MR) is 74.7 cm³/mol. The van der Waals surface area contributed by atoms with E-state index in [-0.39, 0.29) is 19.0 Å². The molecule has 2 rings (SSSR count). The molecule has 0 radical (unpaired) electrons. The fourth-order valence-corrected chi connectivity index (χ4v) is 2.62. The summed E-state index contributed by atoms with van der Waals surface area (Å²) < 4.78 is 38.4. The number of nitrogens with one attached hydrogen (secondary N) is 1. The van der Waals surface area contributed by atoms with Crippen LogP contribution < -0.4 is 5.32 Å². The average Bonchev–Trinajstić information content (AvgIpc) is 2.45. The number of piperidine rings is 1. The van der Waals surface area contributed by atoms with Crippen molar-refractivity contribution in [3.63, 3.8) is 0 Å². The zero-order valence-corrected chi connectivity index (χ0v) is 11.7. The average molecular weight is 286 g/mol. The summed E-state index contributed by atoms with van der Waals surface area (Å²) in [5.41, 5.74) is 1.00. The number of alkyl halides is 3. The first kappa shape index (κ1) is 15.2. The van der Waals surface area contributed by atoms with Gasteiger partial charge >= 0.3 is 6.18 Å². The Labute approximate surface area is 118 Å². The Morgan fingerprint density at radius 2 is 2.00 bits per heavy atom. The first-order chi connectivity index (χ1) is 9.47. The number of hydrogen-bond donors (Lipinski definition) is 1. The smallest absolute Gasteiger partial charge is 0.383 e. The molecule has 1 fully saturated rings. The maximum absolute atomic E-state index is 12.8. The normalized spacial score (nSPS) is 22.5. The summed E-state index contributed by atoms with van der Waals surface area (Å²) in [6.45, 7) is 3.52. The molecule has 5 heteroatoms. The molecule has 1 N–H and O–H groups in total. The molecule has 1 aliphatic heterocycles. The molecule has 1 saturated heterocycles. The number of nitrogens with zero attached hydrogens (tertiary/aromatic N) is 1. The summed E-state index contributed by atoms with van der Waals surface area (Å²) in [7, 11) is 0. The van der Waals surface area contributed by atoms with Crippen molar-refractivity contribution in [2.24, 2.45) is 5.92 Å². The molecule has 0 aromatic heterocycles. The van der Waals surface area contributed by atoms with Gasteiger partial charge in [0.2, 0.25) is 0 Å². The maximum Gasteiger partial charge on any atom is 0.393 e. The van der Waals surface area contributed by atoms with Crippen LogP contribution >= 0.6 is 0 Å². The van der Waals surface area contributed by atoms with E-state index in [4.69, 9.17) is 0 Å². The van der Waals surface area contributed by atoms with E-state index in [0.29, 0.717) is 13.0 Å². The molecule has 1 heterocycles. The number of anilines is 1. The molecular formula is C15H21F3N2. The second-order valence-electron chi connectivity index (χ2n) is 5.47. The number of benzene rings is 1. The highest BCUT2D eigenvalue weighted by Gasteiger charge is 2.42. The Balaban J connectivity index is 1.84. The summed E-state index contributed by atoms with van der Waals surface area (Å²) in [4.78, 5) is 1.94. The third-order valence-electron chi connectivity index (χ3n) is 3.91. The van der Waals surface area contributed by atoms with Crippen molar-refractivity contribution >= 4 is 5.69 Å². The molecule has 2 unspecified atom stereocenters. The second-order valence-corrected chi connectivity index (χ2v) is 5.47. The van der Waals surface area contributed by atoms with E-state index in [0.717, 1.165) is 12.2 Å². The Morgan fingerprint density at radius 1 is 1.30 bits per heavy atom. The molecule has 112 valence electrons. The first-order valence-electron chi connectivity index (χ1n) is 7.06. The van der Waals surface area contributed by atoms with Gasteiger partial charge in [-0.2, -0.15) is 13.2 Å². The van der Waals surface area contributed by atoms with Gasteiger partial charge in [-0.15, -0.1) is 0 Å². The van der Waals surface area contributed by atoms with Crippen molar-refractivity contribution in [2.45, 2.75) is 32.0 Å². The van der Waals surface area contributed by atoms with E-state index in [1.807, 2.05) is 42.2 Å². The lowest BCUT2D eigenvalue weighted by molar-refractivity contribution is -0.188. The van der Waals surface area contributed by atoms with E-state index >= 15 is 0 Å². The summed E-state index contributed by atoms with van der Waals surface area (Å²) >= 11 is 0. The van der Waals surface area contributed by atoms with Gasteiger partial charge in [-0.3, -0.25) is 4.90 Å². The molecule has 0 amide bonds. The highest BCUT2D eigenvalue weighted by Crippen LogP contribution is 2.33. The van der Waals surface area contributed by atoms with Crippen LogP contribution in [0.4, 0.5) is 18.9 Å². The van der Waals surface area contributed by atoms with Gasteiger partial charge in [0.15, 0.2) is 0 Å². The summed E-state index contributed by atoms with van der Waals surface area (Å²) in [5, 5.41) is 3.27. The monoisotopic (exact) mass is 286 g/mol.